The molecule has 0 unspecified atom stereocenters. The summed E-state index contributed by atoms with van der Waals surface area (Å²) in [5.74, 6) is -1.63. The highest BCUT2D eigenvalue weighted by Crippen LogP contribution is 2.20. The quantitative estimate of drug-likeness (QED) is 0.770. The Morgan fingerprint density at radius 3 is 2.20 bits per heavy atom. The molecule has 90 valence electrons. The van der Waals surface area contributed by atoms with E-state index in [4.69, 9.17) is 5.73 Å². The molecule has 3 N–H and O–H groups in total. The number of carbonyl (C=O) groups is 2. The summed E-state index contributed by atoms with van der Waals surface area (Å²) in [7, 11) is 0. The number of amides is 2. The molecule has 0 aliphatic rings. The first-order valence-electron chi connectivity index (χ1n) is 3.88. The van der Waals surface area contributed by atoms with E-state index in [2.05, 4.69) is 0 Å². The van der Waals surface area contributed by atoms with Crippen LogP contribution in [-0.4, -0.2) is 24.0 Å². The average molecular weight is 249 g/mol. The van der Waals surface area contributed by atoms with E-state index in [1.165, 1.54) is 6.92 Å². The number of rotatable bonds is 4. The highest BCUT2D eigenvalue weighted by atomic mass is 35.5. The Balaban J connectivity index is 0. The minimum atomic E-state index is -4.37. The summed E-state index contributed by atoms with van der Waals surface area (Å²) in [6, 6.07) is -0.948. The minimum Gasteiger partial charge on any atom is -0.368 e. The molecule has 4 nitrogen and oxygen atoms in total. The third kappa shape index (κ3) is 9.33. The van der Waals surface area contributed by atoms with Crippen molar-refractivity contribution in [3.05, 3.63) is 0 Å². The molecular weight excluding hydrogens is 237 g/mol. The van der Waals surface area contributed by atoms with Gasteiger partial charge in [-0.25, -0.2) is 0 Å². The first-order valence-corrected chi connectivity index (χ1v) is 3.88. The zero-order chi connectivity index (χ0) is 11.4. The van der Waals surface area contributed by atoms with E-state index < -0.39 is 36.9 Å². The smallest absolute Gasteiger partial charge is 0.368 e. The van der Waals surface area contributed by atoms with Gasteiger partial charge in [-0.3, -0.25) is 9.59 Å². The molecule has 8 heteroatoms. The molecule has 0 aliphatic heterocycles. The van der Waals surface area contributed by atoms with Crippen molar-refractivity contribution in [3.63, 3.8) is 0 Å². The maximum atomic E-state index is 11.6. The summed E-state index contributed by atoms with van der Waals surface area (Å²) in [6.45, 7) is 1.30. The predicted octanol–water partition coefficient (Wildman–Crippen LogP) is 0.741. The number of nitrogens with one attached hydrogen (secondary N) is 1. The second kappa shape index (κ2) is 6.49. The van der Waals surface area contributed by atoms with E-state index in [0.717, 1.165) is 0 Å². The van der Waals surface area contributed by atoms with E-state index in [-0.39, 0.29) is 12.4 Å². The van der Waals surface area contributed by atoms with Gasteiger partial charge in [-0.05, 0) is 6.92 Å². The molecule has 1 atom stereocenters. The topological polar surface area (TPSA) is 72.2 Å². The lowest BCUT2D eigenvalue weighted by molar-refractivity contribution is -0.144. The van der Waals surface area contributed by atoms with Gasteiger partial charge >= 0.3 is 6.18 Å². The van der Waals surface area contributed by atoms with Crippen LogP contribution in [0.4, 0.5) is 13.2 Å². The van der Waals surface area contributed by atoms with Crippen molar-refractivity contribution in [2.45, 2.75) is 32.0 Å². The van der Waals surface area contributed by atoms with Crippen molar-refractivity contribution in [1.29, 1.82) is 0 Å². The Bertz CT molecular complexity index is 233. The lowest BCUT2D eigenvalue weighted by Crippen LogP contribution is -2.42. The van der Waals surface area contributed by atoms with Gasteiger partial charge in [-0.15, -0.1) is 12.4 Å². The van der Waals surface area contributed by atoms with Gasteiger partial charge in [0.15, 0.2) is 0 Å². The molecule has 0 aliphatic carbocycles. The Labute approximate surface area is 90.8 Å². The third-order valence-electron chi connectivity index (χ3n) is 1.44. The Hall–Kier alpha value is -0.980. The van der Waals surface area contributed by atoms with Gasteiger partial charge in [0, 0.05) is 6.42 Å². The number of alkyl halides is 3. The summed E-state index contributed by atoms with van der Waals surface area (Å²) < 4.78 is 34.9. The summed E-state index contributed by atoms with van der Waals surface area (Å²) in [5, 5.41) is 2.04. The molecule has 0 heterocycles. The van der Waals surface area contributed by atoms with Gasteiger partial charge in [0.05, 0.1) is 6.42 Å². The largest absolute Gasteiger partial charge is 0.389 e. The molecule has 0 bridgehead atoms. The summed E-state index contributed by atoms with van der Waals surface area (Å²) >= 11 is 0. The van der Waals surface area contributed by atoms with Crippen LogP contribution in [0.5, 0.6) is 0 Å². The molecule has 0 aromatic rings. The van der Waals surface area contributed by atoms with Crippen LogP contribution >= 0.6 is 12.4 Å². The van der Waals surface area contributed by atoms with Gasteiger partial charge in [0.2, 0.25) is 11.8 Å². The standard InChI is InChI=1S/C7H11F3N2O2.ClH/c1-4(6(11)14)12-5(13)2-3-7(8,9)10;/h4H,2-3H2,1H3,(H2,11,14)(H,12,13);1H/t4-;/m0./s1. The molecule has 0 saturated heterocycles. The maximum absolute atomic E-state index is 11.6. The number of nitrogens with two attached hydrogens (primary N) is 1. The lowest BCUT2D eigenvalue weighted by atomic mass is 10.2. The van der Waals surface area contributed by atoms with Crippen molar-refractivity contribution < 1.29 is 22.8 Å². The van der Waals surface area contributed by atoms with Gasteiger partial charge in [-0.1, -0.05) is 0 Å². The number of primary amides is 1. The van der Waals surface area contributed by atoms with Crippen LogP contribution in [0.3, 0.4) is 0 Å². The van der Waals surface area contributed by atoms with E-state index >= 15 is 0 Å². The van der Waals surface area contributed by atoms with Gasteiger partial charge in [0.25, 0.3) is 0 Å². The van der Waals surface area contributed by atoms with Crippen LogP contribution in [0.25, 0.3) is 0 Å². The zero-order valence-corrected chi connectivity index (χ0v) is 8.74. The molecule has 0 radical (unpaired) electrons. The van der Waals surface area contributed by atoms with Crippen LogP contribution in [0, 0.1) is 0 Å². The van der Waals surface area contributed by atoms with Crippen molar-refractivity contribution in [3.8, 4) is 0 Å². The normalized spacial score (nSPS) is 12.5. The molecule has 15 heavy (non-hydrogen) atoms. The zero-order valence-electron chi connectivity index (χ0n) is 7.93. The third-order valence-corrected chi connectivity index (χ3v) is 1.44. The average Bonchev–Trinajstić information content (AvgIpc) is 1.99. The molecule has 0 saturated carbocycles. The molecule has 0 rings (SSSR count). The first kappa shape index (κ1) is 16.4. The summed E-state index contributed by atoms with van der Waals surface area (Å²) in [6.07, 6.45) is -6.27. The lowest BCUT2D eigenvalue weighted by Gasteiger charge is -2.10. The first-order chi connectivity index (χ1) is 6.22. The molecule has 0 fully saturated rings. The fraction of sp³-hybridized carbons (Fsp3) is 0.714. The van der Waals surface area contributed by atoms with Crippen molar-refractivity contribution in [1.82, 2.24) is 5.32 Å². The van der Waals surface area contributed by atoms with Crippen molar-refractivity contribution >= 4 is 24.2 Å². The van der Waals surface area contributed by atoms with Crippen LogP contribution < -0.4 is 11.1 Å². The van der Waals surface area contributed by atoms with Crippen LogP contribution in [0.2, 0.25) is 0 Å². The van der Waals surface area contributed by atoms with Gasteiger partial charge in [-0.2, -0.15) is 13.2 Å². The predicted molar refractivity (Wildman–Crippen MR) is 49.3 cm³/mol. The van der Waals surface area contributed by atoms with Crippen LogP contribution in [0.1, 0.15) is 19.8 Å². The summed E-state index contributed by atoms with van der Waals surface area (Å²) in [5.41, 5.74) is 4.79. The molecule has 0 aromatic carbocycles. The SMILES string of the molecule is C[C@H](NC(=O)CCC(F)(F)F)C(N)=O.Cl. The molecule has 0 spiro atoms. The Morgan fingerprint density at radius 2 is 1.87 bits per heavy atom. The Kier molecular flexibility index (Phi) is 7.12. The van der Waals surface area contributed by atoms with E-state index in [1.54, 1.807) is 0 Å². The fourth-order valence-corrected chi connectivity index (χ4v) is 0.640. The van der Waals surface area contributed by atoms with Crippen molar-refractivity contribution in [2.24, 2.45) is 5.73 Å². The Morgan fingerprint density at radius 1 is 1.40 bits per heavy atom. The highest BCUT2D eigenvalue weighted by Gasteiger charge is 2.28. The van der Waals surface area contributed by atoms with Crippen molar-refractivity contribution in [2.75, 3.05) is 0 Å². The number of halogens is 4. The highest BCUT2D eigenvalue weighted by molar-refractivity contribution is 5.86. The number of hydrogen-bond acceptors (Lipinski definition) is 2. The number of hydrogen-bond donors (Lipinski definition) is 2. The second-order valence-corrected chi connectivity index (χ2v) is 2.81. The van der Waals surface area contributed by atoms with E-state index in [0.29, 0.717) is 0 Å². The summed E-state index contributed by atoms with van der Waals surface area (Å²) in [4.78, 5) is 21.2. The molecule has 0 aromatic heterocycles. The second-order valence-electron chi connectivity index (χ2n) is 2.81. The van der Waals surface area contributed by atoms with Crippen LogP contribution in [-0.2, 0) is 9.59 Å². The molecular formula is C7H12ClF3N2O2. The van der Waals surface area contributed by atoms with Gasteiger partial charge < -0.3 is 11.1 Å². The van der Waals surface area contributed by atoms with Gasteiger partial charge in [0.1, 0.15) is 6.04 Å². The van der Waals surface area contributed by atoms with E-state index in [1.807, 2.05) is 5.32 Å². The fourth-order valence-electron chi connectivity index (χ4n) is 0.640. The van der Waals surface area contributed by atoms with Crippen LogP contribution in [0.15, 0.2) is 0 Å². The van der Waals surface area contributed by atoms with E-state index in [9.17, 15) is 22.8 Å². The minimum absolute atomic E-state index is 0. The number of carbonyl (C=O) groups excluding carboxylic acids is 2. The monoisotopic (exact) mass is 248 g/mol. The molecule has 2 amide bonds. The maximum Gasteiger partial charge on any atom is 0.389 e.